The van der Waals surface area contributed by atoms with Crippen LogP contribution in [0.1, 0.15) is 35.7 Å². The smallest absolute Gasteiger partial charge is 0.172 e. The van der Waals surface area contributed by atoms with Crippen molar-refractivity contribution in [2.24, 2.45) is 11.3 Å². The van der Waals surface area contributed by atoms with Gasteiger partial charge in [-0.05, 0) is 50.8 Å². The number of benzene rings is 2. The van der Waals surface area contributed by atoms with Gasteiger partial charge in [0.2, 0.25) is 0 Å². The number of hydrogen-bond acceptors (Lipinski definition) is 3. The first-order chi connectivity index (χ1) is 12.5. The van der Waals surface area contributed by atoms with E-state index in [0.717, 1.165) is 16.7 Å². The molecular formula is C21H15BrFN3. The van der Waals surface area contributed by atoms with E-state index in [1.165, 1.54) is 6.07 Å². The first-order valence-electron chi connectivity index (χ1n) is 8.35. The molecule has 2 heterocycles. The van der Waals surface area contributed by atoms with E-state index in [1.807, 2.05) is 43.5 Å². The van der Waals surface area contributed by atoms with Gasteiger partial charge in [-0.1, -0.05) is 37.3 Å². The maximum Gasteiger partial charge on any atom is 0.172 e. The second-order valence-corrected chi connectivity index (χ2v) is 7.65. The molecule has 2 aromatic carbocycles. The van der Waals surface area contributed by atoms with Crippen molar-refractivity contribution in [3.05, 3.63) is 75.6 Å². The molecule has 128 valence electrons. The molecule has 4 rings (SSSR count). The Morgan fingerprint density at radius 1 is 1.15 bits per heavy atom. The standard InChI is InChI=1S/C21H15BrFN3/c1-13-19(15-6-7-18(23)17(22)10-15)26-9-8-14-4-2-3-5-16(14)20(26)21(13,11-24)12-25/h2-10,13,19-20H,1H3/t13-,19+,20-/m0/s1. The molecule has 2 aliphatic rings. The van der Waals surface area contributed by atoms with Crippen LogP contribution in [0, 0.1) is 39.8 Å². The van der Waals surface area contributed by atoms with E-state index in [9.17, 15) is 14.9 Å². The second kappa shape index (κ2) is 5.97. The highest BCUT2D eigenvalue weighted by Crippen LogP contribution is 2.60. The van der Waals surface area contributed by atoms with Gasteiger partial charge in [-0.3, -0.25) is 0 Å². The van der Waals surface area contributed by atoms with Gasteiger partial charge in [-0.25, -0.2) is 4.39 Å². The number of fused-ring (bicyclic) bond motifs is 3. The van der Waals surface area contributed by atoms with E-state index < -0.39 is 5.41 Å². The molecule has 0 unspecified atom stereocenters. The molecule has 0 saturated carbocycles. The van der Waals surface area contributed by atoms with Crippen molar-refractivity contribution in [1.82, 2.24) is 4.90 Å². The Morgan fingerprint density at radius 3 is 2.58 bits per heavy atom. The summed E-state index contributed by atoms with van der Waals surface area (Å²) >= 11 is 3.25. The molecule has 3 nitrogen and oxygen atoms in total. The zero-order chi connectivity index (χ0) is 18.5. The van der Waals surface area contributed by atoms with Gasteiger partial charge < -0.3 is 4.90 Å². The molecule has 0 amide bonds. The lowest BCUT2D eigenvalue weighted by molar-refractivity contribution is 0.254. The minimum Gasteiger partial charge on any atom is -0.360 e. The van der Waals surface area contributed by atoms with Gasteiger partial charge in [0, 0.05) is 12.1 Å². The van der Waals surface area contributed by atoms with Crippen molar-refractivity contribution in [1.29, 1.82) is 10.5 Å². The fourth-order valence-corrected chi connectivity index (χ4v) is 4.72. The Bertz CT molecular complexity index is 987. The van der Waals surface area contributed by atoms with Crippen molar-refractivity contribution in [2.45, 2.75) is 19.0 Å². The SMILES string of the molecule is C[C@H]1[C@H](c2ccc(F)c(Br)c2)N2C=Cc3ccccc3[C@H]2C1(C#N)C#N. The minimum atomic E-state index is -1.19. The Kier molecular flexibility index (Phi) is 3.86. The highest BCUT2D eigenvalue weighted by Gasteiger charge is 2.59. The van der Waals surface area contributed by atoms with Crippen LogP contribution in [0.2, 0.25) is 0 Å². The summed E-state index contributed by atoms with van der Waals surface area (Å²) < 4.78 is 14.1. The molecule has 0 radical (unpaired) electrons. The van der Waals surface area contributed by atoms with Crippen molar-refractivity contribution in [3.8, 4) is 12.1 Å². The van der Waals surface area contributed by atoms with Crippen molar-refractivity contribution in [3.63, 3.8) is 0 Å². The fourth-order valence-electron chi connectivity index (χ4n) is 4.32. The summed E-state index contributed by atoms with van der Waals surface area (Å²) in [5, 5.41) is 20.0. The third kappa shape index (κ3) is 2.14. The third-order valence-corrected chi connectivity index (χ3v) is 6.22. The number of nitrogens with zero attached hydrogens (tertiary/aromatic N) is 3. The monoisotopic (exact) mass is 407 g/mol. The average molecular weight is 408 g/mol. The van der Waals surface area contributed by atoms with E-state index in [0.29, 0.717) is 4.47 Å². The molecule has 0 spiro atoms. The summed E-state index contributed by atoms with van der Waals surface area (Å²) in [6, 6.07) is 16.8. The van der Waals surface area contributed by atoms with Crippen molar-refractivity contribution in [2.75, 3.05) is 0 Å². The van der Waals surface area contributed by atoms with Gasteiger partial charge in [0.25, 0.3) is 0 Å². The third-order valence-electron chi connectivity index (χ3n) is 5.61. The lowest BCUT2D eigenvalue weighted by Gasteiger charge is -2.35. The molecule has 1 fully saturated rings. The normalized spacial score (nSPS) is 25.1. The Labute approximate surface area is 160 Å². The number of rotatable bonds is 1. The molecule has 2 aliphatic heterocycles. The van der Waals surface area contributed by atoms with Crippen LogP contribution in [-0.4, -0.2) is 4.90 Å². The van der Waals surface area contributed by atoms with Crippen LogP contribution in [0.15, 0.2) is 53.1 Å². The van der Waals surface area contributed by atoms with Crippen LogP contribution in [0.25, 0.3) is 6.08 Å². The second-order valence-electron chi connectivity index (χ2n) is 6.79. The molecular weight excluding hydrogens is 393 g/mol. The van der Waals surface area contributed by atoms with Crippen LogP contribution < -0.4 is 0 Å². The van der Waals surface area contributed by atoms with Gasteiger partial charge in [0.05, 0.1) is 28.7 Å². The predicted octanol–water partition coefficient (Wildman–Crippen LogP) is 5.34. The van der Waals surface area contributed by atoms with E-state index in [4.69, 9.17) is 0 Å². The molecule has 0 N–H and O–H groups in total. The first kappa shape index (κ1) is 16.8. The van der Waals surface area contributed by atoms with Crippen LogP contribution in [0.3, 0.4) is 0 Å². The van der Waals surface area contributed by atoms with Crippen LogP contribution in [-0.2, 0) is 0 Å². The zero-order valence-electron chi connectivity index (χ0n) is 14.0. The predicted molar refractivity (Wildman–Crippen MR) is 99.7 cm³/mol. The van der Waals surface area contributed by atoms with E-state index in [1.54, 1.807) is 12.1 Å². The maximum absolute atomic E-state index is 13.7. The first-order valence-corrected chi connectivity index (χ1v) is 9.15. The number of hydrogen-bond donors (Lipinski definition) is 0. The number of nitriles is 2. The largest absolute Gasteiger partial charge is 0.360 e. The van der Waals surface area contributed by atoms with Crippen LogP contribution >= 0.6 is 15.9 Å². The van der Waals surface area contributed by atoms with Crippen LogP contribution in [0.5, 0.6) is 0 Å². The molecule has 26 heavy (non-hydrogen) atoms. The summed E-state index contributed by atoms with van der Waals surface area (Å²) in [5.41, 5.74) is 1.70. The summed E-state index contributed by atoms with van der Waals surface area (Å²) in [6.07, 6.45) is 3.97. The lowest BCUT2D eigenvalue weighted by atomic mass is 9.71. The van der Waals surface area contributed by atoms with Gasteiger partial charge in [0.15, 0.2) is 5.41 Å². The summed E-state index contributed by atoms with van der Waals surface area (Å²) in [4.78, 5) is 2.08. The van der Waals surface area contributed by atoms with E-state index >= 15 is 0 Å². The van der Waals surface area contributed by atoms with Gasteiger partial charge in [0.1, 0.15) is 5.82 Å². The van der Waals surface area contributed by atoms with E-state index in [-0.39, 0.29) is 23.8 Å². The molecule has 3 atom stereocenters. The molecule has 0 aliphatic carbocycles. The quantitative estimate of drug-likeness (QED) is 0.640. The molecule has 1 saturated heterocycles. The maximum atomic E-state index is 13.7. The number of halogens is 2. The van der Waals surface area contributed by atoms with Crippen LogP contribution in [0.4, 0.5) is 4.39 Å². The highest BCUT2D eigenvalue weighted by atomic mass is 79.9. The lowest BCUT2D eigenvalue weighted by Crippen LogP contribution is -2.31. The fraction of sp³-hybridized carbons (Fsp3) is 0.238. The van der Waals surface area contributed by atoms with E-state index in [2.05, 4.69) is 33.0 Å². The molecule has 0 bridgehead atoms. The Balaban J connectivity index is 1.93. The van der Waals surface area contributed by atoms with Crippen molar-refractivity contribution >= 4 is 22.0 Å². The summed E-state index contributed by atoms with van der Waals surface area (Å²) in [5.74, 6) is -0.585. The highest BCUT2D eigenvalue weighted by molar-refractivity contribution is 9.10. The molecule has 5 heteroatoms. The van der Waals surface area contributed by atoms with Gasteiger partial charge in [-0.2, -0.15) is 10.5 Å². The molecule has 0 aromatic heterocycles. The average Bonchev–Trinajstić information content (AvgIpc) is 2.92. The Morgan fingerprint density at radius 2 is 1.88 bits per heavy atom. The minimum absolute atomic E-state index is 0.194. The molecule has 2 aromatic rings. The van der Waals surface area contributed by atoms with Crippen molar-refractivity contribution < 1.29 is 4.39 Å². The van der Waals surface area contributed by atoms with Gasteiger partial charge >= 0.3 is 0 Å². The zero-order valence-corrected chi connectivity index (χ0v) is 15.6. The topological polar surface area (TPSA) is 50.8 Å². The van der Waals surface area contributed by atoms with Gasteiger partial charge in [-0.15, -0.1) is 0 Å². The Hall–Kier alpha value is -2.63. The summed E-state index contributed by atoms with van der Waals surface area (Å²) in [6.45, 7) is 1.93. The summed E-state index contributed by atoms with van der Waals surface area (Å²) in [7, 11) is 0.